The number of carbonyl (C=O) groups is 1. The van der Waals surface area contributed by atoms with Crippen LogP contribution in [0.3, 0.4) is 0 Å². The molecule has 1 amide bonds. The van der Waals surface area contributed by atoms with Crippen LogP contribution in [-0.4, -0.2) is 46.2 Å². The molecule has 21 heavy (non-hydrogen) atoms. The first-order valence-corrected chi connectivity index (χ1v) is 7.85. The maximum atomic E-state index is 12.2. The fourth-order valence-corrected chi connectivity index (χ4v) is 3.20. The molecule has 0 spiro atoms. The molecule has 3 heterocycles. The second-order valence-electron chi connectivity index (χ2n) is 5.15. The predicted octanol–water partition coefficient (Wildman–Crippen LogP) is 1.10. The maximum Gasteiger partial charge on any atom is 0.262 e. The number of rotatable bonds is 3. The molecular weight excluding hydrogens is 290 g/mol. The largest absolute Gasteiger partial charge is 0.375 e. The van der Waals surface area contributed by atoms with Gasteiger partial charge in [0, 0.05) is 26.1 Å². The van der Waals surface area contributed by atoms with Crippen LogP contribution >= 0.6 is 11.3 Å². The molecule has 1 fully saturated rings. The quantitative estimate of drug-likeness (QED) is 0.851. The number of fused-ring (bicyclic) bond motifs is 1. The molecular formula is C14H17N3O3S. The van der Waals surface area contributed by atoms with E-state index in [0.717, 1.165) is 4.83 Å². The van der Waals surface area contributed by atoms with Crippen LogP contribution < -0.4 is 5.56 Å². The van der Waals surface area contributed by atoms with Gasteiger partial charge < -0.3 is 9.64 Å². The Morgan fingerprint density at radius 1 is 1.57 bits per heavy atom. The molecule has 2 aromatic rings. The fourth-order valence-electron chi connectivity index (χ4n) is 2.47. The van der Waals surface area contributed by atoms with E-state index in [1.807, 2.05) is 12.3 Å². The van der Waals surface area contributed by atoms with Gasteiger partial charge in [-0.05, 0) is 18.4 Å². The lowest BCUT2D eigenvalue weighted by Crippen LogP contribution is -2.44. The molecule has 0 unspecified atom stereocenters. The summed E-state index contributed by atoms with van der Waals surface area (Å²) in [7, 11) is 0. The minimum absolute atomic E-state index is 0.0578. The highest BCUT2D eigenvalue weighted by atomic mass is 32.1. The maximum absolute atomic E-state index is 12.2. The summed E-state index contributed by atoms with van der Waals surface area (Å²) in [4.78, 5) is 31.2. The first-order valence-electron chi connectivity index (χ1n) is 6.97. The number of ether oxygens (including phenoxy) is 1. The number of hydrogen-bond acceptors (Lipinski definition) is 5. The van der Waals surface area contributed by atoms with Crippen molar-refractivity contribution in [1.29, 1.82) is 0 Å². The molecule has 0 N–H and O–H groups in total. The van der Waals surface area contributed by atoms with Crippen molar-refractivity contribution in [3.05, 3.63) is 28.1 Å². The molecule has 0 aliphatic carbocycles. The molecule has 1 aliphatic rings. The number of nitrogens with zero attached hydrogens (tertiary/aromatic N) is 3. The number of amides is 1. The van der Waals surface area contributed by atoms with E-state index in [0.29, 0.717) is 38.0 Å². The summed E-state index contributed by atoms with van der Waals surface area (Å²) >= 11 is 1.44. The molecule has 1 aliphatic heterocycles. The summed E-state index contributed by atoms with van der Waals surface area (Å²) in [5.74, 6) is 0.0578. The number of aryl methyl sites for hydroxylation is 1. The topological polar surface area (TPSA) is 64.4 Å². The summed E-state index contributed by atoms with van der Waals surface area (Å²) in [5, 5.41) is 2.47. The summed E-state index contributed by atoms with van der Waals surface area (Å²) in [6.07, 6.45) is 1.91. The van der Waals surface area contributed by atoms with Gasteiger partial charge in [0.05, 0.1) is 24.4 Å². The molecule has 2 aromatic heterocycles. The molecule has 6 nitrogen and oxygen atoms in total. The van der Waals surface area contributed by atoms with Crippen LogP contribution in [0.1, 0.15) is 13.3 Å². The second kappa shape index (κ2) is 5.95. The third-order valence-corrected chi connectivity index (χ3v) is 4.43. The van der Waals surface area contributed by atoms with E-state index in [9.17, 15) is 9.59 Å². The normalized spacial score (nSPS) is 19.1. The van der Waals surface area contributed by atoms with Crippen LogP contribution in [0.25, 0.3) is 10.2 Å². The van der Waals surface area contributed by atoms with Crippen molar-refractivity contribution in [2.45, 2.75) is 26.0 Å². The Morgan fingerprint density at radius 3 is 3.24 bits per heavy atom. The van der Waals surface area contributed by atoms with E-state index in [4.69, 9.17) is 4.74 Å². The van der Waals surface area contributed by atoms with Gasteiger partial charge in [0.2, 0.25) is 5.91 Å². The van der Waals surface area contributed by atoms with E-state index in [1.165, 1.54) is 22.2 Å². The Kier molecular flexibility index (Phi) is 4.03. The minimum Gasteiger partial charge on any atom is -0.375 e. The predicted molar refractivity (Wildman–Crippen MR) is 80.5 cm³/mol. The monoisotopic (exact) mass is 307 g/mol. The zero-order valence-electron chi connectivity index (χ0n) is 11.8. The van der Waals surface area contributed by atoms with Gasteiger partial charge in [0.25, 0.3) is 5.56 Å². The average Bonchev–Trinajstić information content (AvgIpc) is 2.95. The van der Waals surface area contributed by atoms with Crippen molar-refractivity contribution < 1.29 is 9.53 Å². The van der Waals surface area contributed by atoms with E-state index < -0.39 is 0 Å². The molecule has 0 saturated carbocycles. The molecule has 7 heteroatoms. The van der Waals surface area contributed by atoms with E-state index in [2.05, 4.69) is 4.98 Å². The molecule has 0 bridgehead atoms. The third kappa shape index (κ3) is 2.98. The number of aromatic nitrogens is 2. The van der Waals surface area contributed by atoms with Crippen LogP contribution in [0.4, 0.5) is 0 Å². The fraction of sp³-hybridized carbons (Fsp3) is 0.500. The Labute approximate surface area is 126 Å². The van der Waals surface area contributed by atoms with E-state index >= 15 is 0 Å². The Bertz CT molecular complexity index is 709. The summed E-state index contributed by atoms with van der Waals surface area (Å²) < 4.78 is 6.93. The molecule has 0 aromatic carbocycles. The van der Waals surface area contributed by atoms with Crippen LogP contribution in [0.15, 0.2) is 22.6 Å². The van der Waals surface area contributed by atoms with Gasteiger partial charge in [-0.3, -0.25) is 14.2 Å². The van der Waals surface area contributed by atoms with Crippen molar-refractivity contribution in [1.82, 2.24) is 14.5 Å². The second-order valence-corrected chi connectivity index (χ2v) is 6.05. The van der Waals surface area contributed by atoms with Crippen LogP contribution in [0, 0.1) is 0 Å². The molecule has 1 atom stereocenters. The molecule has 3 rings (SSSR count). The lowest BCUT2D eigenvalue weighted by molar-refractivity contribution is -0.138. The van der Waals surface area contributed by atoms with Crippen LogP contribution in [0.2, 0.25) is 0 Å². The SMILES string of the molecule is C[C@H]1CN(C(=O)CCn2cnc3sccc3c2=O)CCO1. The van der Waals surface area contributed by atoms with Gasteiger partial charge in [0.1, 0.15) is 4.83 Å². The Balaban J connectivity index is 1.67. The number of carbonyl (C=O) groups excluding carboxylic acids is 1. The first kappa shape index (κ1) is 14.2. The average molecular weight is 307 g/mol. The lowest BCUT2D eigenvalue weighted by atomic mass is 10.2. The molecule has 0 radical (unpaired) electrons. The first-order chi connectivity index (χ1) is 10.1. The van der Waals surface area contributed by atoms with Crippen molar-refractivity contribution in [3.8, 4) is 0 Å². The van der Waals surface area contributed by atoms with Crippen LogP contribution in [-0.2, 0) is 16.1 Å². The summed E-state index contributed by atoms with van der Waals surface area (Å²) in [6.45, 7) is 4.14. The van der Waals surface area contributed by atoms with Crippen LogP contribution in [0.5, 0.6) is 0 Å². The number of hydrogen-bond donors (Lipinski definition) is 0. The third-order valence-electron chi connectivity index (χ3n) is 3.61. The number of morpholine rings is 1. The van der Waals surface area contributed by atoms with Crippen molar-refractivity contribution in [2.75, 3.05) is 19.7 Å². The smallest absolute Gasteiger partial charge is 0.262 e. The van der Waals surface area contributed by atoms with Crippen molar-refractivity contribution >= 4 is 27.5 Å². The standard InChI is InChI=1S/C14H17N3O3S/c1-10-8-16(5-6-20-10)12(18)2-4-17-9-15-13-11(14(17)19)3-7-21-13/h3,7,9-10H,2,4-6,8H2,1H3/t10-/m0/s1. The zero-order chi connectivity index (χ0) is 14.8. The van der Waals surface area contributed by atoms with E-state index in [1.54, 1.807) is 11.0 Å². The van der Waals surface area contributed by atoms with Gasteiger partial charge in [-0.2, -0.15) is 0 Å². The Morgan fingerprint density at radius 2 is 2.43 bits per heavy atom. The highest BCUT2D eigenvalue weighted by Gasteiger charge is 2.21. The molecule has 112 valence electrons. The lowest BCUT2D eigenvalue weighted by Gasteiger charge is -2.31. The van der Waals surface area contributed by atoms with Gasteiger partial charge in [0.15, 0.2) is 0 Å². The molecule has 1 saturated heterocycles. The zero-order valence-corrected chi connectivity index (χ0v) is 12.6. The van der Waals surface area contributed by atoms with Gasteiger partial charge in [-0.25, -0.2) is 4.98 Å². The highest BCUT2D eigenvalue weighted by molar-refractivity contribution is 7.16. The van der Waals surface area contributed by atoms with Gasteiger partial charge in [-0.15, -0.1) is 11.3 Å². The van der Waals surface area contributed by atoms with Gasteiger partial charge in [-0.1, -0.05) is 0 Å². The Hall–Kier alpha value is -1.73. The highest BCUT2D eigenvalue weighted by Crippen LogP contribution is 2.13. The van der Waals surface area contributed by atoms with Crippen molar-refractivity contribution in [3.63, 3.8) is 0 Å². The summed E-state index contributed by atoms with van der Waals surface area (Å²) in [5.41, 5.74) is -0.0793. The van der Waals surface area contributed by atoms with Crippen molar-refractivity contribution in [2.24, 2.45) is 0 Å². The summed E-state index contributed by atoms with van der Waals surface area (Å²) in [6, 6.07) is 1.78. The number of thiophene rings is 1. The van der Waals surface area contributed by atoms with E-state index in [-0.39, 0.29) is 17.6 Å². The minimum atomic E-state index is -0.0793. The van der Waals surface area contributed by atoms with Gasteiger partial charge >= 0.3 is 0 Å².